The number of benzene rings is 1. The minimum atomic E-state index is -0.529. The third kappa shape index (κ3) is 3.35. The average molecular weight is 354 g/mol. The Morgan fingerprint density at radius 2 is 2.19 bits per heavy atom. The molecule has 1 saturated heterocycles. The van der Waals surface area contributed by atoms with Crippen molar-refractivity contribution in [2.75, 3.05) is 13.1 Å². The lowest BCUT2D eigenvalue weighted by Gasteiger charge is -2.16. The van der Waals surface area contributed by atoms with Crippen LogP contribution in [0.3, 0.4) is 0 Å². The minimum absolute atomic E-state index is 0.0135. The third-order valence-electron chi connectivity index (χ3n) is 4.99. The van der Waals surface area contributed by atoms with E-state index in [1.807, 2.05) is 41.8 Å². The maximum absolute atomic E-state index is 12.6. The molecule has 0 radical (unpaired) electrons. The van der Waals surface area contributed by atoms with Gasteiger partial charge in [-0.15, -0.1) is 0 Å². The van der Waals surface area contributed by atoms with Gasteiger partial charge >= 0.3 is 0 Å². The molecule has 1 aliphatic rings. The number of aliphatic hydroxyl groups excluding tert-OH is 1. The van der Waals surface area contributed by atoms with Crippen molar-refractivity contribution in [1.82, 2.24) is 19.6 Å². The Kier molecular flexibility index (Phi) is 4.46. The quantitative estimate of drug-likeness (QED) is 0.755. The fourth-order valence-corrected chi connectivity index (χ4v) is 3.59. The van der Waals surface area contributed by atoms with E-state index in [-0.39, 0.29) is 11.8 Å². The molecule has 1 aliphatic heterocycles. The number of aliphatic hydroxyl groups is 1. The van der Waals surface area contributed by atoms with Gasteiger partial charge in [0.1, 0.15) is 5.76 Å². The number of amides is 1. The van der Waals surface area contributed by atoms with Crippen LogP contribution in [0.4, 0.5) is 0 Å². The van der Waals surface area contributed by atoms with Gasteiger partial charge in [-0.2, -0.15) is 0 Å². The number of para-hydroxylation sites is 2. The molecular weight excluding hydrogens is 332 g/mol. The highest BCUT2D eigenvalue weighted by Gasteiger charge is 2.34. The fourth-order valence-electron chi connectivity index (χ4n) is 3.59. The number of rotatable bonds is 5. The first-order valence-corrected chi connectivity index (χ1v) is 8.88. The standard InChI is InChI=1S/C19H22N4O3/c1-13-8-15(26-21-13)9-14-10-23(11-18(14)24)19(25)6-7-22-12-20-16-4-2-3-5-17(16)22/h2-5,8,12,14,18,24H,6-7,9-11H2,1H3/t14-,18+/m1/s1. The van der Waals surface area contributed by atoms with Crippen LogP contribution in [0.1, 0.15) is 17.9 Å². The first kappa shape index (κ1) is 16.8. The number of aromatic nitrogens is 3. The van der Waals surface area contributed by atoms with Crippen molar-refractivity contribution in [3.05, 3.63) is 48.1 Å². The number of fused-ring (bicyclic) bond motifs is 1. The van der Waals surface area contributed by atoms with Crippen LogP contribution in [0.2, 0.25) is 0 Å². The predicted molar refractivity (Wildman–Crippen MR) is 95.4 cm³/mol. The average Bonchev–Trinajstić information content (AvgIpc) is 3.33. The zero-order valence-corrected chi connectivity index (χ0v) is 14.7. The molecule has 0 aliphatic carbocycles. The molecule has 136 valence electrons. The van der Waals surface area contributed by atoms with Crippen molar-refractivity contribution in [1.29, 1.82) is 0 Å². The summed E-state index contributed by atoms with van der Waals surface area (Å²) in [4.78, 5) is 18.7. The van der Waals surface area contributed by atoms with E-state index >= 15 is 0 Å². The van der Waals surface area contributed by atoms with E-state index in [2.05, 4.69) is 10.1 Å². The minimum Gasteiger partial charge on any atom is -0.391 e. The normalized spacial score (nSPS) is 20.2. The molecule has 4 rings (SSSR count). The van der Waals surface area contributed by atoms with Gasteiger partial charge in [0, 0.05) is 44.5 Å². The van der Waals surface area contributed by atoms with Crippen LogP contribution in [0.15, 0.2) is 41.2 Å². The maximum atomic E-state index is 12.6. The summed E-state index contributed by atoms with van der Waals surface area (Å²) in [6.45, 7) is 3.37. The Hall–Kier alpha value is -2.67. The Balaban J connectivity index is 1.35. The van der Waals surface area contributed by atoms with Crippen molar-refractivity contribution in [2.24, 2.45) is 5.92 Å². The molecule has 1 N–H and O–H groups in total. The fraction of sp³-hybridized carbons (Fsp3) is 0.421. The van der Waals surface area contributed by atoms with E-state index in [1.54, 1.807) is 11.2 Å². The molecule has 1 fully saturated rings. The van der Waals surface area contributed by atoms with Gasteiger partial charge < -0.3 is 19.1 Å². The van der Waals surface area contributed by atoms with Crippen LogP contribution in [0.5, 0.6) is 0 Å². The molecule has 2 atom stereocenters. The van der Waals surface area contributed by atoms with E-state index in [9.17, 15) is 9.90 Å². The van der Waals surface area contributed by atoms with Crippen LogP contribution < -0.4 is 0 Å². The Labute approximate surface area is 151 Å². The summed E-state index contributed by atoms with van der Waals surface area (Å²) in [5.74, 6) is 0.796. The van der Waals surface area contributed by atoms with E-state index in [1.165, 1.54) is 0 Å². The second-order valence-electron chi connectivity index (χ2n) is 6.94. The number of likely N-dealkylation sites (tertiary alicyclic amines) is 1. The smallest absolute Gasteiger partial charge is 0.224 e. The zero-order valence-electron chi connectivity index (χ0n) is 14.7. The zero-order chi connectivity index (χ0) is 18.1. The van der Waals surface area contributed by atoms with E-state index < -0.39 is 6.10 Å². The van der Waals surface area contributed by atoms with Crippen LogP contribution in [-0.4, -0.2) is 49.8 Å². The van der Waals surface area contributed by atoms with Gasteiger partial charge in [0.15, 0.2) is 0 Å². The number of hydrogen-bond acceptors (Lipinski definition) is 5. The number of nitrogens with zero attached hydrogens (tertiary/aromatic N) is 4. The Bertz CT molecular complexity index is 916. The summed E-state index contributed by atoms with van der Waals surface area (Å²) in [7, 11) is 0. The van der Waals surface area contributed by atoms with Gasteiger partial charge in [0.25, 0.3) is 0 Å². The van der Waals surface area contributed by atoms with Gasteiger partial charge in [-0.1, -0.05) is 17.3 Å². The van der Waals surface area contributed by atoms with Crippen molar-refractivity contribution >= 4 is 16.9 Å². The highest BCUT2D eigenvalue weighted by Crippen LogP contribution is 2.23. The molecule has 3 aromatic rings. The SMILES string of the molecule is Cc1cc(C[C@@H]2CN(C(=O)CCn3cnc4ccccc43)C[C@@H]2O)on1. The third-order valence-corrected chi connectivity index (χ3v) is 4.99. The van der Waals surface area contributed by atoms with Gasteiger partial charge in [-0.25, -0.2) is 4.98 Å². The van der Waals surface area contributed by atoms with Gasteiger partial charge in [0.05, 0.1) is 29.2 Å². The number of imidazole rings is 1. The summed E-state index contributed by atoms with van der Waals surface area (Å²) in [5, 5.41) is 14.2. The molecule has 1 amide bonds. The molecular formula is C19H22N4O3. The molecule has 0 bridgehead atoms. The molecule has 26 heavy (non-hydrogen) atoms. The molecule has 0 saturated carbocycles. The summed E-state index contributed by atoms with van der Waals surface area (Å²) < 4.78 is 7.23. The molecule has 1 aromatic carbocycles. The van der Waals surface area contributed by atoms with Gasteiger partial charge in [-0.3, -0.25) is 4.79 Å². The number of carbonyl (C=O) groups is 1. The Morgan fingerprint density at radius 3 is 3.00 bits per heavy atom. The van der Waals surface area contributed by atoms with Crippen molar-refractivity contribution in [3.63, 3.8) is 0 Å². The first-order chi connectivity index (χ1) is 12.6. The first-order valence-electron chi connectivity index (χ1n) is 8.88. The second kappa shape index (κ2) is 6.92. The summed E-state index contributed by atoms with van der Waals surface area (Å²) >= 11 is 0. The predicted octanol–water partition coefficient (Wildman–Crippen LogP) is 1.78. The van der Waals surface area contributed by atoms with Crippen LogP contribution in [0.25, 0.3) is 11.0 Å². The van der Waals surface area contributed by atoms with Crippen molar-refractivity contribution < 1.29 is 14.4 Å². The topological polar surface area (TPSA) is 84.4 Å². The summed E-state index contributed by atoms with van der Waals surface area (Å²) in [5.41, 5.74) is 2.78. The second-order valence-corrected chi connectivity index (χ2v) is 6.94. The molecule has 2 aromatic heterocycles. The highest BCUT2D eigenvalue weighted by molar-refractivity contribution is 5.78. The van der Waals surface area contributed by atoms with Gasteiger partial charge in [-0.05, 0) is 19.1 Å². The molecule has 0 spiro atoms. The van der Waals surface area contributed by atoms with Crippen LogP contribution >= 0.6 is 0 Å². The van der Waals surface area contributed by atoms with E-state index in [0.29, 0.717) is 32.5 Å². The van der Waals surface area contributed by atoms with Crippen LogP contribution in [0, 0.1) is 12.8 Å². The van der Waals surface area contributed by atoms with E-state index in [4.69, 9.17) is 4.52 Å². The number of carbonyl (C=O) groups excluding carboxylic acids is 1. The van der Waals surface area contributed by atoms with Crippen molar-refractivity contribution in [2.45, 2.75) is 32.4 Å². The van der Waals surface area contributed by atoms with Crippen molar-refractivity contribution in [3.8, 4) is 0 Å². The molecule has 3 heterocycles. The molecule has 7 nitrogen and oxygen atoms in total. The highest BCUT2D eigenvalue weighted by atomic mass is 16.5. The lowest BCUT2D eigenvalue weighted by atomic mass is 10.0. The van der Waals surface area contributed by atoms with Gasteiger partial charge in [0.2, 0.25) is 5.91 Å². The number of hydrogen-bond donors (Lipinski definition) is 1. The lowest BCUT2D eigenvalue weighted by Crippen LogP contribution is -2.30. The monoisotopic (exact) mass is 354 g/mol. The largest absolute Gasteiger partial charge is 0.391 e. The summed E-state index contributed by atoms with van der Waals surface area (Å²) in [6.07, 6.45) is 2.23. The Morgan fingerprint density at radius 1 is 1.35 bits per heavy atom. The molecule has 0 unspecified atom stereocenters. The van der Waals surface area contributed by atoms with E-state index in [0.717, 1.165) is 22.5 Å². The number of β-amino-alcohol motifs (C(OH)–C–C–N with tert-alkyl or cyclic N) is 1. The number of aryl methyl sites for hydroxylation is 2. The maximum Gasteiger partial charge on any atom is 0.224 e. The van der Waals surface area contributed by atoms with Crippen LogP contribution in [-0.2, 0) is 17.8 Å². The summed E-state index contributed by atoms with van der Waals surface area (Å²) in [6, 6.07) is 9.76. The lowest BCUT2D eigenvalue weighted by molar-refractivity contribution is -0.130. The molecule has 7 heteroatoms.